The molecule has 0 aliphatic carbocycles. The second kappa shape index (κ2) is 4.05. The van der Waals surface area contributed by atoms with Crippen LogP contribution in [0.25, 0.3) is 0 Å². The Labute approximate surface area is 43.5 Å². The van der Waals surface area contributed by atoms with Gasteiger partial charge >= 0.3 is 0 Å². The maximum atomic E-state index is 8.67. The predicted octanol–water partition coefficient (Wildman–Crippen LogP) is -1.47. The number of nitrogens with one attached hydrogen (secondary N) is 1. The van der Waals surface area contributed by atoms with E-state index in [1.807, 2.05) is 0 Å². The zero-order valence-electron chi connectivity index (χ0n) is 4.52. The van der Waals surface area contributed by atoms with E-state index in [-0.39, 0.29) is 6.10 Å². The molecular weight excluding hydrogens is 92.1 g/mol. The Morgan fingerprint density at radius 3 is 2.57 bits per heavy atom. The molecule has 4 N–H and O–H groups in total. The van der Waals surface area contributed by atoms with Crippen molar-refractivity contribution >= 4 is 0 Å². The number of hydrogen-bond acceptors (Lipinski definition) is 3. The molecule has 0 saturated heterocycles. The molecule has 0 heterocycles. The van der Waals surface area contributed by atoms with E-state index in [1.165, 1.54) is 0 Å². The SMILES string of the molecule is CNC[C@H](O)CN. The average Bonchev–Trinajstić information content (AvgIpc) is 1.68. The van der Waals surface area contributed by atoms with Crippen LogP contribution in [0.15, 0.2) is 0 Å². The monoisotopic (exact) mass is 104 g/mol. The Balaban J connectivity index is 2.83. The molecule has 0 aliphatic heterocycles. The van der Waals surface area contributed by atoms with Gasteiger partial charge in [-0.25, -0.2) is 0 Å². The number of aliphatic hydroxyl groups excluding tert-OH is 1. The summed E-state index contributed by atoms with van der Waals surface area (Å²) >= 11 is 0. The van der Waals surface area contributed by atoms with E-state index in [0.29, 0.717) is 13.1 Å². The van der Waals surface area contributed by atoms with Gasteiger partial charge in [0, 0.05) is 13.1 Å². The van der Waals surface area contributed by atoms with Gasteiger partial charge in [-0.05, 0) is 7.05 Å². The molecule has 0 saturated carbocycles. The summed E-state index contributed by atoms with van der Waals surface area (Å²) in [6.45, 7) is 0.914. The maximum Gasteiger partial charge on any atom is 0.0786 e. The molecule has 0 aromatic carbocycles. The van der Waals surface area contributed by atoms with Crippen molar-refractivity contribution in [2.24, 2.45) is 5.73 Å². The molecule has 0 amide bonds. The van der Waals surface area contributed by atoms with E-state index in [1.54, 1.807) is 7.05 Å². The first-order chi connectivity index (χ1) is 3.31. The molecule has 0 rings (SSSR count). The van der Waals surface area contributed by atoms with E-state index in [2.05, 4.69) is 5.32 Å². The highest BCUT2D eigenvalue weighted by molar-refractivity contribution is 4.55. The van der Waals surface area contributed by atoms with Crippen LogP contribution >= 0.6 is 0 Å². The lowest BCUT2D eigenvalue weighted by molar-refractivity contribution is 0.182. The third-order valence-corrected chi connectivity index (χ3v) is 0.712. The van der Waals surface area contributed by atoms with Gasteiger partial charge in [-0.2, -0.15) is 0 Å². The van der Waals surface area contributed by atoms with Crippen LogP contribution in [0.2, 0.25) is 0 Å². The van der Waals surface area contributed by atoms with Crippen LogP contribution in [0.3, 0.4) is 0 Å². The smallest absolute Gasteiger partial charge is 0.0786 e. The van der Waals surface area contributed by atoms with Gasteiger partial charge in [0.25, 0.3) is 0 Å². The van der Waals surface area contributed by atoms with Crippen molar-refractivity contribution in [3.05, 3.63) is 0 Å². The van der Waals surface area contributed by atoms with Gasteiger partial charge in [0.1, 0.15) is 0 Å². The average molecular weight is 104 g/mol. The van der Waals surface area contributed by atoms with Crippen LogP contribution in [0, 0.1) is 0 Å². The van der Waals surface area contributed by atoms with Crippen molar-refractivity contribution in [2.75, 3.05) is 20.1 Å². The van der Waals surface area contributed by atoms with Crippen LogP contribution in [-0.2, 0) is 0 Å². The quantitative estimate of drug-likeness (QED) is 0.409. The van der Waals surface area contributed by atoms with Crippen LogP contribution in [-0.4, -0.2) is 31.3 Å². The highest BCUT2D eigenvalue weighted by Gasteiger charge is 1.94. The molecule has 3 nitrogen and oxygen atoms in total. The van der Waals surface area contributed by atoms with Gasteiger partial charge in [-0.15, -0.1) is 0 Å². The molecule has 0 aliphatic rings. The molecule has 0 radical (unpaired) electrons. The number of hydrogen-bond donors (Lipinski definition) is 3. The highest BCUT2D eigenvalue weighted by atomic mass is 16.3. The van der Waals surface area contributed by atoms with E-state index in [4.69, 9.17) is 10.8 Å². The van der Waals surface area contributed by atoms with Crippen LogP contribution in [0.5, 0.6) is 0 Å². The van der Waals surface area contributed by atoms with Crippen molar-refractivity contribution in [3.63, 3.8) is 0 Å². The molecule has 3 heteroatoms. The Morgan fingerprint density at radius 2 is 2.43 bits per heavy atom. The number of rotatable bonds is 3. The van der Waals surface area contributed by atoms with Gasteiger partial charge < -0.3 is 16.2 Å². The summed E-state index contributed by atoms with van der Waals surface area (Å²) in [5.74, 6) is 0. The van der Waals surface area contributed by atoms with Crippen LogP contribution < -0.4 is 11.1 Å². The van der Waals surface area contributed by atoms with Crippen LogP contribution in [0.1, 0.15) is 0 Å². The van der Waals surface area contributed by atoms with Crippen molar-refractivity contribution in [1.29, 1.82) is 0 Å². The second-order valence-corrected chi connectivity index (χ2v) is 1.45. The molecule has 0 spiro atoms. The minimum atomic E-state index is -0.384. The molecule has 1 atom stereocenters. The Bertz CT molecular complexity index is 40.7. The zero-order valence-corrected chi connectivity index (χ0v) is 4.52. The minimum Gasteiger partial charge on any atom is -0.390 e. The fourth-order valence-corrected chi connectivity index (χ4v) is 0.319. The van der Waals surface area contributed by atoms with Gasteiger partial charge in [0.2, 0.25) is 0 Å². The Hall–Kier alpha value is -0.120. The lowest BCUT2D eigenvalue weighted by atomic mass is 10.4. The van der Waals surface area contributed by atoms with Crippen molar-refractivity contribution in [3.8, 4) is 0 Å². The zero-order chi connectivity index (χ0) is 5.70. The molecule has 7 heavy (non-hydrogen) atoms. The van der Waals surface area contributed by atoms with Crippen molar-refractivity contribution < 1.29 is 5.11 Å². The van der Waals surface area contributed by atoms with Gasteiger partial charge in [-0.3, -0.25) is 0 Å². The maximum absolute atomic E-state index is 8.67. The van der Waals surface area contributed by atoms with Gasteiger partial charge in [0.05, 0.1) is 6.10 Å². The first-order valence-corrected chi connectivity index (χ1v) is 2.34. The normalized spacial score (nSPS) is 14.1. The summed E-state index contributed by atoms with van der Waals surface area (Å²) < 4.78 is 0. The number of likely N-dealkylation sites (N-methyl/N-ethyl adjacent to an activating group) is 1. The lowest BCUT2D eigenvalue weighted by Crippen LogP contribution is -2.30. The topological polar surface area (TPSA) is 58.3 Å². The first kappa shape index (κ1) is 6.88. The largest absolute Gasteiger partial charge is 0.390 e. The highest BCUT2D eigenvalue weighted by Crippen LogP contribution is 1.69. The first-order valence-electron chi connectivity index (χ1n) is 2.34. The van der Waals surface area contributed by atoms with Gasteiger partial charge in [0.15, 0.2) is 0 Å². The molecule has 0 fully saturated rings. The van der Waals surface area contributed by atoms with E-state index >= 15 is 0 Å². The van der Waals surface area contributed by atoms with Crippen LogP contribution in [0.4, 0.5) is 0 Å². The lowest BCUT2D eigenvalue weighted by Gasteiger charge is -2.03. The molecule has 0 aromatic heterocycles. The summed E-state index contributed by atoms with van der Waals surface area (Å²) in [5.41, 5.74) is 5.07. The minimum absolute atomic E-state index is 0.334. The molecule has 0 unspecified atom stereocenters. The fraction of sp³-hybridized carbons (Fsp3) is 1.00. The predicted molar refractivity (Wildman–Crippen MR) is 29.0 cm³/mol. The number of aliphatic hydroxyl groups is 1. The number of nitrogens with two attached hydrogens (primary N) is 1. The van der Waals surface area contributed by atoms with E-state index in [9.17, 15) is 0 Å². The molecular formula is C4H12N2O. The molecule has 0 bridgehead atoms. The summed E-state index contributed by atoms with van der Waals surface area (Å²) in [5, 5.41) is 11.5. The Morgan fingerprint density at radius 1 is 1.86 bits per heavy atom. The van der Waals surface area contributed by atoms with E-state index in [0.717, 1.165) is 0 Å². The van der Waals surface area contributed by atoms with Crippen molar-refractivity contribution in [1.82, 2.24) is 5.32 Å². The van der Waals surface area contributed by atoms with E-state index < -0.39 is 0 Å². The Kier molecular flexibility index (Phi) is 3.98. The standard InChI is InChI=1S/C4H12N2O/c1-6-3-4(7)2-5/h4,6-7H,2-3,5H2,1H3/t4-/m1/s1. The summed E-state index contributed by atoms with van der Waals surface area (Å²) in [6.07, 6.45) is -0.384. The summed E-state index contributed by atoms with van der Waals surface area (Å²) in [6, 6.07) is 0. The van der Waals surface area contributed by atoms with Crippen molar-refractivity contribution in [2.45, 2.75) is 6.10 Å². The second-order valence-electron chi connectivity index (χ2n) is 1.45. The third kappa shape index (κ3) is 3.72. The molecule has 0 aromatic rings. The molecule has 44 valence electrons. The summed E-state index contributed by atoms with van der Waals surface area (Å²) in [7, 11) is 1.78. The fourth-order valence-electron chi connectivity index (χ4n) is 0.319. The van der Waals surface area contributed by atoms with Gasteiger partial charge in [-0.1, -0.05) is 0 Å². The third-order valence-electron chi connectivity index (χ3n) is 0.712. The summed E-state index contributed by atoms with van der Waals surface area (Å²) in [4.78, 5) is 0.